The van der Waals surface area contributed by atoms with Crippen LogP contribution in [0.4, 0.5) is 33.3 Å². The minimum absolute atomic E-state index is 0.404. The Kier molecular flexibility index (Phi) is 6.01. The second kappa shape index (κ2) is 8.34. The molecule has 0 heterocycles. The third-order valence-corrected chi connectivity index (χ3v) is 5.02. The molecule has 0 amide bonds. The summed E-state index contributed by atoms with van der Waals surface area (Å²) in [5.41, 5.74) is 1.60. The minimum Gasteiger partial charge on any atom is -0.378 e. The van der Waals surface area contributed by atoms with E-state index in [1.54, 1.807) is 48.5 Å². The standard InChI is InChI=1S/C23H21F5N2/c1-29(2)15-9-5-13(6-10-15)17(14-7-11-16(12-8-14)30(3)4)18-19(24)21(26)23(28)22(27)20(18)25/h5-12,17H,1-4H3. The molecule has 0 aliphatic rings. The normalized spacial score (nSPS) is 11.1. The molecule has 30 heavy (non-hydrogen) atoms. The highest BCUT2D eigenvalue weighted by Gasteiger charge is 2.32. The number of hydrogen-bond acceptors (Lipinski definition) is 2. The van der Waals surface area contributed by atoms with Crippen molar-refractivity contribution < 1.29 is 22.0 Å². The SMILES string of the molecule is CN(C)c1ccc(C(c2ccc(N(C)C)cc2)c2c(F)c(F)c(F)c(F)c2F)cc1. The van der Waals surface area contributed by atoms with Gasteiger partial charge in [0.2, 0.25) is 5.82 Å². The molecule has 0 atom stereocenters. The maximum absolute atomic E-state index is 14.7. The molecule has 0 saturated carbocycles. The molecule has 0 aliphatic heterocycles. The smallest absolute Gasteiger partial charge is 0.200 e. The number of rotatable bonds is 5. The summed E-state index contributed by atoms with van der Waals surface area (Å²) in [7, 11) is 7.32. The lowest BCUT2D eigenvalue weighted by molar-refractivity contribution is 0.369. The molecular weight excluding hydrogens is 399 g/mol. The summed E-state index contributed by atoms with van der Waals surface area (Å²) in [5.74, 6) is -10.9. The molecule has 0 aliphatic carbocycles. The number of hydrogen-bond donors (Lipinski definition) is 0. The van der Waals surface area contributed by atoms with Crippen LogP contribution in [0, 0.1) is 29.1 Å². The summed E-state index contributed by atoms with van der Waals surface area (Å²) < 4.78 is 70.9. The van der Waals surface area contributed by atoms with Crippen LogP contribution in [0.15, 0.2) is 48.5 Å². The Hall–Kier alpha value is -3.09. The average molecular weight is 420 g/mol. The van der Waals surface area contributed by atoms with Crippen molar-refractivity contribution in [3.05, 3.63) is 94.3 Å². The second-order valence-corrected chi connectivity index (χ2v) is 7.39. The van der Waals surface area contributed by atoms with Gasteiger partial charge in [0.15, 0.2) is 23.3 Å². The summed E-state index contributed by atoms with van der Waals surface area (Å²) in [5, 5.41) is 0. The maximum atomic E-state index is 14.7. The van der Waals surface area contributed by atoms with E-state index in [1.807, 2.05) is 38.0 Å². The predicted molar refractivity (Wildman–Crippen MR) is 109 cm³/mol. The Bertz CT molecular complexity index is 964. The Morgan fingerprint density at radius 2 is 0.800 bits per heavy atom. The van der Waals surface area contributed by atoms with Gasteiger partial charge in [0.05, 0.1) is 0 Å². The van der Waals surface area contributed by atoms with Crippen molar-refractivity contribution in [3.63, 3.8) is 0 Å². The molecule has 7 heteroatoms. The molecule has 0 bridgehead atoms. The fraction of sp³-hybridized carbons (Fsp3) is 0.217. The second-order valence-electron chi connectivity index (χ2n) is 7.39. The van der Waals surface area contributed by atoms with Crippen LogP contribution in [-0.2, 0) is 0 Å². The maximum Gasteiger partial charge on any atom is 0.200 e. The Morgan fingerprint density at radius 3 is 1.10 bits per heavy atom. The Morgan fingerprint density at radius 1 is 0.500 bits per heavy atom. The van der Waals surface area contributed by atoms with E-state index in [1.165, 1.54) is 0 Å². The van der Waals surface area contributed by atoms with Gasteiger partial charge in [-0.25, -0.2) is 22.0 Å². The fourth-order valence-corrected chi connectivity index (χ4v) is 3.33. The van der Waals surface area contributed by atoms with Gasteiger partial charge in [-0.15, -0.1) is 0 Å². The summed E-state index contributed by atoms with van der Waals surface area (Å²) in [4.78, 5) is 3.67. The minimum atomic E-state index is -2.17. The number of halogens is 5. The molecule has 0 unspecified atom stereocenters. The zero-order chi connectivity index (χ0) is 22.2. The van der Waals surface area contributed by atoms with E-state index in [9.17, 15) is 22.0 Å². The molecule has 0 aromatic heterocycles. The molecule has 0 saturated heterocycles. The zero-order valence-electron chi connectivity index (χ0n) is 17.0. The summed E-state index contributed by atoms with van der Waals surface area (Å²) in [6, 6.07) is 13.4. The van der Waals surface area contributed by atoms with E-state index in [0.29, 0.717) is 11.1 Å². The monoisotopic (exact) mass is 420 g/mol. The number of nitrogens with zero attached hydrogens (tertiary/aromatic N) is 2. The van der Waals surface area contributed by atoms with Crippen molar-refractivity contribution in [1.29, 1.82) is 0 Å². The van der Waals surface area contributed by atoms with Gasteiger partial charge in [-0.2, -0.15) is 0 Å². The van der Waals surface area contributed by atoms with Gasteiger partial charge in [0, 0.05) is 51.0 Å². The first-order valence-electron chi connectivity index (χ1n) is 9.19. The fourth-order valence-electron chi connectivity index (χ4n) is 3.33. The van der Waals surface area contributed by atoms with Gasteiger partial charge in [-0.3, -0.25) is 0 Å². The van der Waals surface area contributed by atoms with E-state index in [-0.39, 0.29) is 0 Å². The molecule has 3 aromatic rings. The van der Waals surface area contributed by atoms with E-state index in [2.05, 4.69) is 0 Å². The first kappa shape index (κ1) is 21.6. The zero-order valence-corrected chi connectivity index (χ0v) is 17.0. The van der Waals surface area contributed by atoms with Gasteiger partial charge in [-0.1, -0.05) is 24.3 Å². The molecule has 0 radical (unpaired) electrons. The third kappa shape index (κ3) is 3.84. The molecule has 0 fully saturated rings. The lowest BCUT2D eigenvalue weighted by Crippen LogP contribution is -2.15. The van der Waals surface area contributed by atoms with Crippen molar-refractivity contribution >= 4 is 11.4 Å². The summed E-state index contributed by atoms with van der Waals surface area (Å²) in [6.07, 6.45) is 0. The Labute approximate surface area is 172 Å². The van der Waals surface area contributed by atoms with Gasteiger partial charge >= 0.3 is 0 Å². The lowest BCUT2D eigenvalue weighted by atomic mass is 9.84. The van der Waals surface area contributed by atoms with E-state index in [0.717, 1.165) is 11.4 Å². The molecular formula is C23H21F5N2. The van der Waals surface area contributed by atoms with Crippen LogP contribution in [0.25, 0.3) is 0 Å². The number of anilines is 2. The van der Waals surface area contributed by atoms with E-state index >= 15 is 0 Å². The van der Waals surface area contributed by atoms with E-state index in [4.69, 9.17) is 0 Å². The van der Waals surface area contributed by atoms with E-state index < -0.39 is 40.6 Å². The molecule has 0 N–H and O–H groups in total. The predicted octanol–water partition coefficient (Wildman–Crippen LogP) is 5.69. The summed E-state index contributed by atoms with van der Waals surface area (Å²) in [6.45, 7) is 0. The van der Waals surface area contributed by atoms with Crippen molar-refractivity contribution in [2.45, 2.75) is 5.92 Å². The largest absolute Gasteiger partial charge is 0.378 e. The van der Waals surface area contributed by atoms with Crippen molar-refractivity contribution in [2.75, 3.05) is 38.0 Å². The average Bonchev–Trinajstić information content (AvgIpc) is 2.74. The third-order valence-electron chi connectivity index (χ3n) is 5.02. The molecule has 2 nitrogen and oxygen atoms in total. The lowest BCUT2D eigenvalue weighted by Gasteiger charge is -2.23. The quantitative estimate of drug-likeness (QED) is 0.226. The van der Waals surface area contributed by atoms with Gasteiger partial charge < -0.3 is 9.80 Å². The van der Waals surface area contributed by atoms with Crippen molar-refractivity contribution in [1.82, 2.24) is 0 Å². The first-order chi connectivity index (χ1) is 14.1. The Balaban J connectivity index is 2.26. The molecule has 3 rings (SSSR count). The summed E-state index contributed by atoms with van der Waals surface area (Å²) >= 11 is 0. The highest BCUT2D eigenvalue weighted by molar-refractivity contribution is 5.53. The van der Waals surface area contributed by atoms with Crippen molar-refractivity contribution in [3.8, 4) is 0 Å². The topological polar surface area (TPSA) is 6.48 Å². The number of benzene rings is 3. The highest BCUT2D eigenvalue weighted by Crippen LogP contribution is 2.38. The van der Waals surface area contributed by atoms with Crippen LogP contribution in [0.1, 0.15) is 22.6 Å². The molecule has 3 aromatic carbocycles. The molecule has 158 valence electrons. The van der Waals surface area contributed by atoms with Crippen molar-refractivity contribution in [2.24, 2.45) is 0 Å². The van der Waals surface area contributed by atoms with Gasteiger partial charge in [-0.05, 0) is 35.4 Å². The van der Waals surface area contributed by atoms with Crippen LogP contribution < -0.4 is 9.80 Å². The highest BCUT2D eigenvalue weighted by atomic mass is 19.2. The van der Waals surface area contributed by atoms with Crippen LogP contribution in [-0.4, -0.2) is 28.2 Å². The van der Waals surface area contributed by atoms with Gasteiger partial charge in [0.25, 0.3) is 0 Å². The van der Waals surface area contributed by atoms with Gasteiger partial charge in [0.1, 0.15) is 0 Å². The first-order valence-corrected chi connectivity index (χ1v) is 9.19. The van der Waals surface area contributed by atoms with Crippen LogP contribution in [0.3, 0.4) is 0 Å². The van der Waals surface area contributed by atoms with Crippen LogP contribution in [0.2, 0.25) is 0 Å². The van der Waals surface area contributed by atoms with Crippen LogP contribution >= 0.6 is 0 Å². The van der Waals surface area contributed by atoms with Crippen LogP contribution in [0.5, 0.6) is 0 Å². The molecule has 0 spiro atoms.